The minimum absolute atomic E-state index is 0. The summed E-state index contributed by atoms with van der Waals surface area (Å²) in [6.45, 7) is 4.89. The first kappa shape index (κ1) is 21.6. The van der Waals surface area contributed by atoms with Crippen LogP contribution in [0, 0.1) is 5.82 Å². The highest BCUT2D eigenvalue weighted by Gasteiger charge is 2.24. The zero-order valence-corrected chi connectivity index (χ0v) is 14.3. The number of hydrogen-bond acceptors (Lipinski definition) is 4. The first-order valence-corrected chi connectivity index (χ1v) is 6.89. The normalized spacial score (nSPS) is 15.6. The lowest BCUT2D eigenvalue weighted by Gasteiger charge is -2.31. The number of benzene rings is 1. The van der Waals surface area contributed by atoms with Crippen molar-refractivity contribution in [3.8, 4) is 0 Å². The molecule has 9 heteroatoms. The number of urea groups is 1. The van der Waals surface area contributed by atoms with Gasteiger partial charge in [0.1, 0.15) is 5.82 Å². The lowest BCUT2D eigenvalue weighted by atomic mass is 10.2. The Morgan fingerprint density at radius 1 is 1.22 bits per heavy atom. The Morgan fingerprint density at radius 2 is 1.83 bits per heavy atom. The Bertz CT molecular complexity index is 527. The minimum atomic E-state index is -0.730. The third-order valence-electron chi connectivity index (χ3n) is 3.44. The highest BCUT2D eigenvalue weighted by Crippen LogP contribution is 2.11. The van der Waals surface area contributed by atoms with Crippen molar-refractivity contribution in [3.63, 3.8) is 0 Å². The Labute approximate surface area is 147 Å². The van der Waals surface area contributed by atoms with E-state index in [2.05, 4.69) is 16.0 Å². The molecule has 1 atom stereocenters. The number of imide groups is 1. The zero-order chi connectivity index (χ0) is 15.2. The van der Waals surface area contributed by atoms with Crippen LogP contribution in [0.4, 0.5) is 14.9 Å². The molecule has 3 N–H and O–H groups in total. The highest BCUT2D eigenvalue weighted by molar-refractivity contribution is 6.02. The molecule has 0 spiro atoms. The van der Waals surface area contributed by atoms with Crippen LogP contribution in [0.5, 0.6) is 0 Å². The molecule has 0 radical (unpaired) electrons. The summed E-state index contributed by atoms with van der Waals surface area (Å²) in [4.78, 5) is 25.7. The molecule has 3 amide bonds. The van der Waals surface area contributed by atoms with Crippen molar-refractivity contribution in [2.75, 3.05) is 31.5 Å². The molecule has 0 aliphatic carbocycles. The fraction of sp³-hybridized carbons (Fsp3) is 0.429. The van der Waals surface area contributed by atoms with Crippen molar-refractivity contribution in [2.45, 2.75) is 13.0 Å². The van der Waals surface area contributed by atoms with E-state index in [0.29, 0.717) is 0 Å². The topological polar surface area (TPSA) is 73.5 Å². The largest absolute Gasteiger partial charge is 0.326 e. The molecule has 0 bridgehead atoms. The Morgan fingerprint density at radius 3 is 2.43 bits per heavy atom. The SMILES string of the molecule is CC(C(=O)NC(=O)Nc1ccccc1F)N1CCNCC1.Cl.Cl. The molecule has 0 saturated carbocycles. The number of halogens is 3. The Balaban J connectivity index is 0.00000242. The van der Waals surface area contributed by atoms with E-state index in [-0.39, 0.29) is 30.5 Å². The van der Waals surface area contributed by atoms with Crippen LogP contribution in [0.15, 0.2) is 24.3 Å². The van der Waals surface area contributed by atoms with Crippen LogP contribution < -0.4 is 16.0 Å². The van der Waals surface area contributed by atoms with E-state index >= 15 is 0 Å². The molecule has 1 aromatic rings. The van der Waals surface area contributed by atoms with Gasteiger partial charge in [0.15, 0.2) is 0 Å². The van der Waals surface area contributed by atoms with Crippen LogP contribution in [0.2, 0.25) is 0 Å². The molecule has 1 aromatic carbocycles. The van der Waals surface area contributed by atoms with E-state index in [4.69, 9.17) is 0 Å². The molecule has 23 heavy (non-hydrogen) atoms. The molecule has 2 rings (SSSR count). The molecule has 130 valence electrons. The van der Waals surface area contributed by atoms with Crippen molar-refractivity contribution in [3.05, 3.63) is 30.1 Å². The van der Waals surface area contributed by atoms with E-state index in [0.717, 1.165) is 26.2 Å². The number of nitrogens with one attached hydrogen (secondary N) is 3. The molecular weight excluding hydrogens is 346 g/mol. The zero-order valence-electron chi connectivity index (χ0n) is 12.7. The molecule has 1 saturated heterocycles. The molecular formula is C14H21Cl2FN4O2. The second-order valence-corrected chi connectivity index (χ2v) is 4.89. The maximum absolute atomic E-state index is 13.4. The Hall–Kier alpha value is -1.41. The second kappa shape index (κ2) is 10.4. The van der Waals surface area contributed by atoms with Crippen LogP contribution in [-0.2, 0) is 4.79 Å². The van der Waals surface area contributed by atoms with Gasteiger partial charge in [-0.25, -0.2) is 9.18 Å². The van der Waals surface area contributed by atoms with Gasteiger partial charge in [-0.3, -0.25) is 15.0 Å². The minimum Gasteiger partial charge on any atom is -0.314 e. The predicted molar refractivity (Wildman–Crippen MR) is 92.0 cm³/mol. The summed E-state index contributed by atoms with van der Waals surface area (Å²) in [5.41, 5.74) is 0.0395. The average molecular weight is 367 g/mol. The van der Waals surface area contributed by atoms with Crippen LogP contribution in [-0.4, -0.2) is 49.1 Å². The lowest BCUT2D eigenvalue weighted by molar-refractivity contribution is -0.124. The Kier molecular flexibility index (Phi) is 9.74. The number of piperazine rings is 1. The molecule has 0 aromatic heterocycles. The predicted octanol–water partition coefficient (Wildman–Crippen LogP) is 1.61. The summed E-state index contributed by atoms with van der Waals surface area (Å²) in [6.07, 6.45) is 0. The van der Waals surface area contributed by atoms with Crippen molar-refractivity contribution in [1.29, 1.82) is 0 Å². The maximum atomic E-state index is 13.4. The fourth-order valence-electron chi connectivity index (χ4n) is 2.17. The summed E-state index contributed by atoms with van der Waals surface area (Å²) in [6, 6.07) is 4.66. The lowest BCUT2D eigenvalue weighted by Crippen LogP contribution is -2.53. The van der Waals surface area contributed by atoms with Gasteiger partial charge in [-0.1, -0.05) is 12.1 Å². The molecule has 1 unspecified atom stereocenters. The number of hydrogen-bond donors (Lipinski definition) is 3. The van der Waals surface area contributed by atoms with Gasteiger partial charge in [0.2, 0.25) is 5.91 Å². The third-order valence-corrected chi connectivity index (χ3v) is 3.44. The summed E-state index contributed by atoms with van der Waals surface area (Å²) >= 11 is 0. The molecule has 1 heterocycles. The van der Waals surface area contributed by atoms with E-state index < -0.39 is 23.8 Å². The van der Waals surface area contributed by atoms with Gasteiger partial charge in [0.05, 0.1) is 11.7 Å². The summed E-state index contributed by atoms with van der Waals surface area (Å²) in [5.74, 6) is -0.944. The van der Waals surface area contributed by atoms with E-state index in [1.165, 1.54) is 18.2 Å². The van der Waals surface area contributed by atoms with Crippen molar-refractivity contribution < 1.29 is 14.0 Å². The van der Waals surface area contributed by atoms with Gasteiger partial charge >= 0.3 is 6.03 Å². The number of carbonyl (C=O) groups is 2. The van der Waals surface area contributed by atoms with E-state index in [1.807, 2.05) is 4.90 Å². The maximum Gasteiger partial charge on any atom is 0.326 e. The van der Waals surface area contributed by atoms with E-state index in [9.17, 15) is 14.0 Å². The smallest absolute Gasteiger partial charge is 0.314 e. The summed E-state index contributed by atoms with van der Waals surface area (Å²) < 4.78 is 13.4. The average Bonchev–Trinajstić information content (AvgIpc) is 2.49. The molecule has 1 fully saturated rings. The van der Waals surface area contributed by atoms with E-state index in [1.54, 1.807) is 13.0 Å². The number of anilines is 1. The van der Waals surface area contributed by atoms with Crippen molar-refractivity contribution in [2.24, 2.45) is 0 Å². The second-order valence-electron chi connectivity index (χ2n) is 4.89. The standard InChI is InChI=1S/C14H19FN4O2.2ClH/c1-10(19-8-6-16-7-9-19)13(20)18-14(21)17-12-5-3-2-4-11(12)15;;/h2-5,10,16H,6-9H2,1H3,(H2,17,18,20,21);2*1H. The van der Waals surface area contributed by atoms with Crippen LogP contribution >= 0.6 is 24.8 Å². The number of nitrogens with zero attached hydrogens (tertiary/aromatic N) is 1. The monoisotopic (exact) mass is 366 g/mol. The highest BCUT2D eigenvalue weighted by atomic mass is 35.5. The fourth-order valence-corrected chi connectivity index (χ4v) is 2.17. The third kappa shape index (κ3) is 6.31. The molecule has 1 aliphatic rings. The van der Waals surface area contributed by atoms with Crippen molar-refractivity contribution in [1.82, 2.24) is 15.5 Å². The van der Waals surface area contributed by atoms with Gasteiger partial charge in [-0.05, 0) is 19.1 Å². The van der Waals surface area contributed by atoms with Gasteiger partial charge < -0.3 is 10.6 Å². The van der Waals surface area contributed by atoms with Crippen LogP contribution in [0.25, 0.3) is 0 Å². The first-order valence-electron chi connectivity index (χ1n) is 6.89. The number of para-hydroxylation sites is 1. The molecule has 6 nitrogen and oxygen atoms in total. The first-order chi connectivity index (χ1) is 10.1. The molecule has 1 aliphatic heterocycles. The number of rotatable bonds is 3. The van der Waals surface area contributed by atoms with Crippen molar-refractivity contribution >= 4 is 42.4 Å². The van der Waals surface area contributed by atoms with Gasteiger partial charge in [-0.15, -0.1) is 24.8 Å². The van der Waals surface area contributed by atoms with Gasteiger partial charge in [0.25, 0.3) is 0 Å². The quantitative estimate of drug-likeness (QED) is 0.759. The number of amides is 3. The summed E-state index contributed by atoms with van der Waals surface area (Å²) in [7, 11) is 0. The summed E-state index contributed by atoms with van der Waals surface area (Å²) in [5, 5.41) is 7.75. The van der Waals surface area contributed by atoms with Crippen LogP contribution in [0.1, 0.15) is 6.92 Å². The van der Waals surface area contributed by atoms with Crippen LogP contribution in [0.3, 0.4) is 0 Å². The van der Waals surface area contributed by atoms with Gasteiger partial charge in [0, 0.05) is 26.2 Å². The van der Waals surface area contributed by atoms with Gasteiger partial charge in [-0.2, -0.15) is 0 Å². The number of carbonyl (C=O) groups excluding carboxylic acids is 2.